The van der Waals surface area contributed by atoms with Crippen LogP contribution < -0.4 is 4.80 Å². The second-order valence-electron chi connectivity index (χ2n) is 5.43. The minimum atomic E-state index is -0.408. The van der Waals surface area contributed by atoms with E-state index in [-0.39, 0.29) is 0 Å². The highest BCUT2D eigenvalue weighted by molar-refractivity contribution is 7.16. The van der Waals surface area contributed by atoms with Gasteiger partial charge < -0.3 is 9.30 Å². The third-order valence-electron chi connectivity index (χ3n) is 3.80. The Bertz CT molecular complexity index is 1060. The van der Waals surface area contributed by atoms with Crippen molar-refractivity contribution in [1.29, 1.82) is 0 Å². The van der Waals surface area contributed by atoms with Crippen LogP contribution in [0.2, 0.25) is 0 Å². The number of benzene rings is 1. The summed E-state index contributed by atoms with van der Waals surface area (Å²) in [5.41, 5.74) is 1.62. The lowest BCUT2D eigenvalue weighted by molar-refractivity contribution is 0.0601. The maximum absolute atomic E-state index is 12.4. The van der Waals surface area contributed by atoms with E-state index in [1.807, 2.05) is 17.6 Å². The molecule has 1 aromatic carbocycles. The van der Waals surface area contributed by atoms with Gasteiger partial charge in [0.25, 0.3) is 5.91 Å². The Morgan fingerprint density at radius 3 is 2.85 bits per heavy atom. The molecule has 26 heavy (non-hydrogen) atoms. The molecule has 3 rings (SSSR count). The first-order valence-corrected chi connectivity index (χ1v) is 8.84. The van der Waals surface area contributed by atoms with Crippen LogP contribution in [0.5, 0.6) is 0 Å². The molecule has 0 saturated heterocycles. The van der Waals surface area contributed by atoms with E-state index in [9.17, 15) is 9.59 Å². The number of carbonyl (C=O) groups excluding carboxylic acids is 2. The van der Waals surface area contributed by atoms with E-state index in [0.29, 0.717) is 29.1 Å². The van der Waals surface area contributed by atoms with Crippen molar-refractivity contribution in [2.45, 2.75) is 20.0 Å². The molecule has 8 heteroatoms. The van der Waals surface area contributed by atoms with Gasteiger partial charge in [-0.1, -0.05) is 17.4 Å². The van der Waals surface area contributed by atoms with Gasteiger partial charge in [-0.2, -0.15) is 10.1 Å². The average molecular weight is 370 g/mol. The topological polar surface area (TPSA) is 78.5 Å². The lowest BCUT2D eigenvalue weighted by Crippen LogP contribution is -2.16. The monoisotopic (exact) mass is 370 g/mol. The molecule has 0 radical (unpaired) electrons. The van der Waals surface area contributed by atoms with Crippen molar-refractivity contribution in [3.63, 3.8) is 0 Å². The summed E-state index contributed by atoms with van der Waals surface area (Å²) in [7, 11) is 1.34. The second-order valence-corrected chi connectivity index (χ2v) is 6.44. The van der Waals surface area contributed by atoms with Gasteiger partial charge in [-0.25, -0.2) is 4.79 Å². The number of aromatic nitrogens is 3. The van der Waals surface area contributed by atoms with Crippen LogP contribution in [0.15, 0.2) is 48.1 Å². The summed E-state index contributed by atoms with van der Waals surface area (Å²) in [6.07, 6.45) is 3.48. The maximum Gasteiger partial charge on any atom is 0.337 e. The zero-order chi connectivity index (χ0) is 18.7. The van der Waals surface area contributed by atoms with Crippen LogP contribution in [-0.4, -0.2) is 33.3 Å². The lowest BCUT2D eigenvalue weighted by Gasteiger charge is -2.02. The standard InChI is InChI=1S/C18H18N4O3S/c1-4-9-22-14-7-6-12(17(24)25-3)11-15(14)26-18(22)19-16(23)13-8-10-21(5-2)20-13/h4,6-8,10-11H,1,5,9H2,2-3H3. The summed E-state index contributed by atoms with van der Waals surface area (Å²) >= 11 is 1.33. The number of amides is 1. The van der Waals surface area contributed by atoms with Crippen molar-refractivity contribution >= 4 is 33.4 Å². The van der Waals surface area contributed by atoms with Crippen molar-refractivity contribution in [2.75, 3.05) is 7.11 Å². The van der Waals surface area contributed by atoms with Gasteiger partial charge in [-0.3, -0.25) is 9.48 Å². The number of rotatable bonds is 5. The molecule has 2 heterocycles. The van der Waals surface area contributed by atoms with Crippen molar-refractivity contribution in [1.82, 2.24) is 14.3 Å². The predicted molar refractivity (Wildman–Crippen MR) is 99.1 cm³/mol. The number of hydrogen-bond donors (Lipinski definition) is 0. The molecule has 0 atom stereocenters. The molecule has 0 bridgehead atoms. The quantitative estimate of drug-likeness (QED) is 0.511. The molecule has 7 nitrogen and oxygen atoms in total. The van der Waals surface area contributed by atoms with E-state index >= 15 is 0 Å². The molecular formula is C18H18N4O3S. The predicted octanol–water partition coefficient (Wildman–Crippen LogP) is 2.63. The minimum Gasteiger partial charge on any atom is -0.465 e. The molecule has 0 unspecified atom stereocenters. The molecule has 3 aromatic rings. The van der Waals surface area contributed by atoms with Crippen LogP contribution in [0.25, 0.3) is 10.2 Å². The third kappa shape index (κ3) is 3.36. The fourth-order valence-corrected chi connectivity index (χ4v) is 3.58. The zero-order valence-corrected chi connectivity index (χ0v) is 15.3. The largest absolute Gasteiger partial charge is 0.465 e. The number of aryl methyl sites for hydroxylation is 1. The van der Waals surface area contributed by atoms with E-state index in [1.54, 1.807) is 35.2 Å². The zero-order valence-electron chi connectivity index (χ0n) is 14.5. The van der Waals surface area contributed by atoms with Crippen molar-refractivity contribution in [2.24, 2.45) is 4.99 Å². The summed E-state index contributed by atoms with van der Waals surface area (Å²) in [6, 6.07) is 6.89. The smallest absolute Gasteiger partial charge is 0.337 e. The molecule has 0 N–H and O–H groups in total. The molecular weight excluding hydrogens is 352 g/mol. The highest BCUT2D eigenvalue weighted by atomic mass is 32.1. The van der Waals surface area contributed by atoms with Gasteiger partial charge in [-0.15, -0.1) is 6.58 Å². The summed E-state index contributed by atoms with van der Waals surface area (Å²) in [5.74, 6) is -0.815. The van der Waals surface area contributed by atoms with Gasteiger partial charge in [0.2, 0.25) is 0 Å². The van der Waals surface area contributed by atoms with Gasteiger partial charge in [0.05, 0.1) is 22.9 Å². The molecule has 2 aromatic heterocycles. The first-order chi connectivity index (χ1) is 12.6. The van der Waals surface area contributed by atoms with Crippen molar-refractivity contribution in [3.05, 3.63) is 59.2 Å². The Balaban J connectivity index is 2.11. The molecule has 0 aliphatic rings. The third-order valence-corrected chi connectivity index (χ3v) is 4.84. The Hall–Kier alpha value is -3.00. The van der Waals surface area contributed by atoms with Crippen LogP contribution in [-0.2, 0) is 17.8 Å². The van der Waals surface area contributed by atoms with E-state index < -0.39 is 11.9 Å². The van der Waals surface area contributed by atoms with E-state index in [4.69, 9.17) is 4.74 Å². The molecule has 1 amide bonds. The Kier molecular flexibility index (Phi) is 5.13. The van der Waals surface area contributed by atoms with Gasteiger partial charge in [0, 0.05) is 19.3 Å². The van der Waals surface area contributed by atoms with Crippen LogP contribution in [0, 0.1) is 0 Å². The first-order valence-electron chi connectivity index (χ1n) is 8.02. The Morgan fingerprint density at radius 1 is 1.38 bits per heavy atom. The lowest BCUT2D eigenvalue weighted by atomic mass is 10.2. The molecule has 0 saturated carbocycles. The summed E-state index contributed by atoms with van der Waals surface area (Å²) in [6.45, 7) is 6.88. The number of thiazole rings is 1. The molecule has 134 valence electrons. The number of methoxy groups -OCH3 is 1. The molecule has 0 fully saturated rings. The summed E-state index contributed by atoms with van der Waals surface area (Å²) in [4.78, 5) is 28.9. The van der Waals surface area contributed by atoms with Gasteiger partial charge in [-0.05, 0) is 31.2 Å². The number of fused-ring (bicyclic) bond motifs is 1. The molecule has 0 aliphatic heterocycles. The van der Waals surface area contributed by atoms with E-state index in [1.165, 1.54) is 18.4 Å². The maximum atomic E-state index is 12.4. The Morgan fingerprint density at radius 2 is 2.19 bits per heavy atom. The van der Waals surface area contributed by atoms with Crippen LogP contribution in [0.1, 0.15) is 27.8 Å². The number of allylic oxidation sites excluding steroid dienone is 1. The van der Waals surface area contributed by atoms with Crippen molar-refractivity contribution in [3.8, 4) is 0 Å². The normalized spacial score (nSPS) is 11.7. The number of nitrogens with zero attached hydrogens (tertiary/aromatic N) is 4. The SMILES string of the molecule is C=CCn1c(=NC(=O)c2ccn(CC)n2)sc2cc(C(=O)OC)ccc21. The second kappa shape index (κ2) is 7.49. The fraction of sp³-hybridized carbons (Fsp3) is 0.222. The number of esters is 1. The van der Waals surface area contributed by atoms with Gasteiger partial charge >= 0.3 is 5.97 Å². The highest BCUT2D eigenvalue weighted by Gasteiger charge is 2.13. The number of ether oxygens (including phenoxy) is 1. The first kappa shape index (κ1) is 17.8. The van der Waals surface area contributed by atoms with Crippen LogP contribution in [0.4, 0.5) is 0 Å². The highest BCUT2D eigenvalue weighted by Crippen LogP contribution is 2.20. The average Bonchev–Trinajstić information content (AvgIpc) is 3.26. The number of carbonyl (C=O) groups is 2. The van der Waals surface area contributed by atoms with Gasteiger partial charge in [0.15, 0.2) is 10.5 Å². The minimum absolute atomic E-state index is 0.296. The molecule has 0 aliphatic carbocycles. The fourth-order valence-electron chi connectivity index (χ4n) is 2.50. The van der Waals surface area contributed by atoms with Gasteiger partial charge in [0.1, 0.15) is 0 Å². The van der Waals surface area contributed by atoms with Crippen molar-refractivity contribution < 1.29 is 14.3 Å². The number of hydrogen-bond acceptors (Lipinski definition) is 5. The Labute approximate surface area is 153 Å². The molecule has 0 spiro atoms. The van der Waals surface area contributed by atoms with E-state index in [2.05, 4.69) is 16.7 Å². The van der Waals surface area contributed by atoms with E-state index in [0.717, 1.165) is 10.2 Å². The summed E-state index contributed by atoms with van der Waals surface area (Å²) in [5, 5.41) is 4.19. The van der Waals surface area contributed by atoms with Crippen LogP contribution >= 0.6 is 11.3 Å². The van der Waals surface area contributed by atoms with Crippen LogP contribution in [0.3, 0.4) is 0 Å². The summed E-state index contributed by atoms with van der Waals surface area (Å²) < 4.78 is 9.15.